The van der Waals surface area contributed by atoms with Crippen LogP contribution in [0.2, 0.25) is 5.02 Å². The van der Waals surface area contributed by atoms with E-state index in [2.05, 4.69) is 11.8 Å². The molecule has 5 rings (SSSR count). The summed E-state index contributed by atoms with van der Waals surface area (Å²) in [5, 5.41) is 12.8. The maximum atomic E-state index is 13.5. The number of carbonyl (C=O) groups excluding carboxylic acids is 2. The number of rotatable bonds is 6. The molecule has 0 aromatic heterocycles. The summed E-state index contributed by atoms with van der Waals surface area (Å²) in [6, 6.07) is 7.78. The lowest BCUT2D eigenvalue weighted by molar-refractivity contribution is -0.167. The van der Waals surface area contributed by atoms with Crippen LogP contribution in [0.5, 0.6) is 0 Å². The van der Waals surface area contributed by atoms with Crippen molar-refractivity contribution in [3.8, 4) is 0 Å². The van der Waals surface area contributed by atoms with E-state index in [1.807, 2.05) is 29.2 Å². The van der Waals surface area contributed by atoms with Crippen molar-refractivity contribution < 1.29 is 14.7 Å². The predicted molar refractivity (Wildman–Crippen MR) is 143 cm³/mol. The van der Waals surface area contributed by atoms with Crippen molar-refractivity contribution in [3.05, 3.63) is 34.9 Å². The van der Waals surface area contributed by atoms with Crippen LogP contribution < -0.4 is 0 Å². The minimum Gasteiger partial charge on any atom is -0.387 e. The molecule has 2 amide bonds. The minimum absolute atomic E-state index is 0.0537. The molecule has 2 saturated heterocycles. The summed E-state index contributed by atoms with van der Waals surface area (Å²) >= 11 is 6.06. The number of amides is 2. The number of halogens is 1. The SMILES string of the molecule is C[C@H](CC1CCCCC1)C(=O)N1CC[C@@](O)(CN2C[C@H](c3ccc(Cl)cc3)CC2=O)C2(CCCC2)C1. The van der Waals surface area contributed by atoms with Crippen molar-refractivity contribution in [1.29, 1.82) is 0 Å². The van der Waals surface area contributed by atoms with Gasteiger partial charge in [0.2, 0.25) is 11.8 Å². The van der Waals surface area contributed by atoms with Gasteiger partial charge >= 0.3 is 0 Å². The lowest BCUT2D eigenvalue weighted by Gasteiger charge is -2.53. The molecular formula is C30H43ClN2O3. The van der Waals surface area contributed by atoms with Crippen LogP contribution in [0.4, 0.5) is 0 Å². The van der Waals surface area contributed by atoms with Crippen LogP contribution in [0.15, 0.2) is 24.3 Å². The summed E-state index contributed by atoms with van der Waals surface area (Å²) in [6.07, 6.45) is 12.6. The second-order valence-electron chi connectivity index (χ2n) is 12.4. The number of hydrogen-bond donors (Lipinski definition) is 1. The molecule has 0 unspecified atom stereocenters. The molecule has 3 atom stereocenters. The molecule has 4 aliphatic rings. The van der Waals surface area contributed by atoms with Crippen molar-refractivity contribution in [2.45, 2.75) is 95.5 Å². The van der Waals surface area contributed by atoms with E-state index in [0.29, 0.717) is 50.0 Å². The number of benzene rings is 1. The molecule has 2 aliphatic heterocycles. The summed E-state index contributed by atoms with van der Waals surface area (Å²) in [5.41, 5.74) is -0.105. The number of carbonyl (C=O) groups is 2. The van der Waals surface area contributed by atoms with Crippen molar-refractivity contribution in [2.75, 3.05) is 26.2 Å². The molecule has 2 heterocycles. The van der Waals surface area contributed by atoms with Crippen molar-refractivity contribution >= 4 is 23.4 Å². The van der Waals surface area contributed by atoms with E-state index >= 15 is 0 Å². The van der Waals surface area contributed by atoms with E-state index in [1.165, 1.54) is 32.1 Å². The lowest BCUT2D eigenvalue weighted by atomic mass is 9.65. The molecule has 5 nitrogen and oxygen atoms in total. The predicted octanol–water partition coefficient (Wildman–Crippen LogP) is 5.79. The van der Waals surface area contributed by atoms with Crippen LogP contribution >= 0.6 is 11.6 Å². The van der Waals surface area contributed by atoms with Gasteiger partial charge < -0.3 is 14.9 Å². The largest absolute Gasteiger partial charge is 0.387 e. The average Bonchev–Trinajstić information content (AvgIpc) is 3.49. The van der Waals surface area contributed by atoms with Gasteiger partial charge in [-0.15, -0.1) is 0 Å². The molecule has 1 aromatic rings. The van der Waals surface area contributed by atoms with Gasteiger partial charge in [0.1, 0.15) is 0 Å². The van der Waals surface area contributed by atoms with E-state index in [-0.39, 0.29) is 29.1 Å². The first kappa shape index (κ1) is 26.0. The number of nitrogens with zero attached hydrogens (tertiary/aromatic N) is 2. The van der Waals surface area contributed by atoms with Gasteiger partial charge in [0, 0.05) is 48.3 Å². The highest BCUT2D eigenvalue weighted by Gasteiger charge is 2.57. The summed E-state index contributed by atoms with van der Waals surface area (Å²) in [6.45, 7) is 4.36. The Morgan fingerprint density at radius 3 is 2.47 bits per heavy atom. The topological polar surface area (TPSA) is 60.9 Å². The van der Waals surface area contributed by atoms with Gasteiger partial charge in [0.25, 0.3) is 0 Å². The highest BCUT2D eigenvalue weighted by atomic mass is 35.5. The summed E-state index contributed by atoms with van der Waals surface area (Å²) in [5.74, 6) is 1.28. The van der Waals surface area contributed by atoms with Gasteiger partial charge in [-0.3, -0.25) is 9.59 Å². The Labute approximate surface area is 221 Å². The standard InChI is InChI=1S/C30H43ClN2O3/c1-22(17-23-7-3-2-4-8-23)28(35)32-16-15-30(36,29(20-32)13-5-6-14-29)21-33-19-25(18-27(33)34)24-9-11-26(31)12-10-24/h9-12,22-23,25,36H,2-8,13-21H2,1H3/t22-,25-,30-/m1/s1. The molecule has 2 saturated carbocycles. The molecule has 36 heavy (non-hydrogen) atoms. The third-order valence-corrected chi connectivity index (χ3v) is 10.2. The maximum Gasteiger partial charge on any atom is 0.225 e. The van der Waals surface area contributed by atoms with Crippen LogP contribution in [0, 0.1) is 17.3 Å². The fourth-order valence-corrected chi connectivity index (χ4v) is 7.95. The lowest BCUT2D eigenvalue weighted by Crippen LogP contribution is -2.64. The highest BCUT2D eigenvalue weighted by Crippen LogP contribution is 2.52. The fourth-order valence-electron chi connectivity index (χ4n) is 7.82. The van der Waals surface area contributed by atoms with Gasteiger partial charge in [-0.25, -0.2) is 0 Å². The van der Waals surface area contributed by atoms with E-state index in [4.69, 9.17) is 11.6 Å². The Hall–Kier alpha value is -1.59. The molecule has 4 fully saturated rings. The van der Waals surface area contributed by atoms with Gasteiger partial charge in [0.15, 0.2) is 0 Å². The maximum absolute atomic E-state index is 13.5. The van der Waals surface area contributed by atoms with Crippen LogP contribution in [-0.4, -0.2) is 58.5 Å². The highest BCUT2D eigenvalue weighted by molar-refractivity contribution is 6.30. The minimum atomic E-state index is -0.933. The fraction of sp³-hybridized carbons (Fsp3) is 0.733. The molecule has 0 radical (unpaired) electrons. The van der Waals surface area contributed by atoms with Crippen molar-refractivity contribution in [1.82, 2.24) is 9.80 Å². The molecule has 1 spiro atoms. The van der Waals surface area contributed by atoms with Gasteiger partial charge in [0.05, 0.1) is 12.1 Å². The normalized spacial score (nSPS) is 29.8. The molecule has 0 bridgehead atoms. The number of hydrogen-bond acceptors (Lipinski definition) is 3. The van der Waals surface area contributed by atoms with Gasteiger partial charge in [-0.1, -0.05) is 75.6 Å². The Bertz CT molecular complexity index is 938. The van der Waals surface area contributed by atoms with Crippen LogP contribution in [0.3, 0.4) is 0 Å². The molecule has 6 heteroatoms. The first-order valence-corrected chi connectivity index (χ1v) is 14.7. The third-order valence-electron chi connectivity index (χ3n) is 9.99. The summed E-state index contributed by atoms with van der Waals surface area (Å²) in [4.78, 5) is 30.5. The summed E-state index contributed by atoms with van der Waals surface area (Å²) in [7, 11) is 0. The Balaban J connectivity index is 1.25. The molecule has 198 valence electrons. The molecule has 1 aromatic carbocycles. The number of likely N-dealkylation sites (tertiary alicyclic amines) is 2. The zero-order valence-corrected chi connectivity index (χ0v) is 22.6. The molecule has 1 N–H and O–H groups in total. The van der Waals surface area contributed by atoms with Gasteiger partial charge in [-0.05, 0) is 49.3 Å². The number of β-amino-alcohol motifs (C(OH)–C–C–N with tert-alkyl or cyclic N) is 1. The first-order valence-electron chi connectivity index (χ1n) is 14.3. The van der Waals surface area contributed by atoms with Crippen molar-refractivity contribution in [3.63, 3.8) is 0 Å². The van der Waals surface area contributed by atoms with E-state index in [1.54, 1.807) is 0 Å². The summed E-state index contributed by atoms with van der Waals surface area (Å²) < 4.78 is 0. The quantitative estimate of drug-likeness (QED) is 0.523. The zero-order chi connectivity index (χ0) is 25.3. The monoisotopic (exact) mass is 514 g/mol. The number of piperidine rings is 1. The second kappa shape index (κ2) is 10.6. The van der Waals surface area contributed by atoms with Crippen LogP contribution in [0.25, 0.3) is 0 Å². The van der Waals surface area contributed by atoms with Gasteiger partial charge in [-0.2, -0.15) is 0 Å². The van der Waals surface area contributed by atoms with Crippen LogP contribution in [-0.2, 0) is 9.59 Å². The van der Waals surface area contributed by atoms with E-state index < -0.39 is 5.60 Å². The Morgan fingerprint density at radius 2 is 1.78 bits per heavy atom. The second-order valence-corrected chi connectivity index (χ2v) is 12.8. The van der Waals surface area contributed by atoms with E-state index in [9.17, 15) is 14.7 Å². The van der Waals surface area contributed by atoms with Crippen LogP contribution in [0.1, 0.15) is 95.5 Å². The molecule has 2 aliphatic carbocycles. The van der Waals surface area contributed by atoms with Crippen molar-refractivity contribution in [2.24, 2.45) is 17.3 Å². The Kier molecular flexibility index (Phi) is 7.70. The average molecular weight is 515 g/mol. The third kappa shape index (κ3) is 5.20. The first-order chi connectivity index (χ1) is 17.3. The zero-order valence-electron chi connectivity index (χ0n) is 21.9. The molecular weight excluding hydrogens is 472 g/mol. The smallest absolute Gasteiger partial charge is 0.225 e. The van der Waals surface area contributed by atoms with E-state index in [0.717, 1.165) is 37.7 Å². The number of aliphatic hydroxyl groups is 1. The Morgan fingerprint density at radius 1 is 1.08 bits per heavy atom.